The molecule has 110 valence electrons. The summed E-state index contributed by atoms with van der Waals surface area (Å²) < 4.78 is 5.04. The number of carbonyl (C=O) groups excluding carboxylic acids is 1. The molecule has 0 N–H and O–H groups in total. The van der Waals surface area contributed by atoms with E-state index < -0.39 is 0 Å². The number of methoxy groups -OCH3 is 1. The Balaban J connectivity index is 2.14. The number of halogens is 1. The van der Waals surface area contributed by atoms with Crippen molar-refractivity contribution in [2.75, 3.05) is 20.3 Å². The molecule has 6 nitrogen and oxygen atoms in total. The average Bonchev–Trinajstić information content (AvgIpc) is 2.52. The molecule has 1 amide bonds. The minimum atomic E-state index is -0.234. The molecule has 0 aromatic carbocycles. The normalized spacial score (nSPS) is 10.4. The summed E-state index contributed by atoms with van der Waals surface area (Å²) in [5, 5.41) is 0.250. The van der Waals surface area contributed by atoms with Crippen LogP contribution in [-0.4, -0.2) is 46.0 Å². The van der Waals surface area contributed by atoms with Crippen molar-refractivity contribution in [3.05, 3.63) is 53.3 Å². The zero-order valence-electron chi connectivity index (χ0n) is 11.6. The van der Waals surface area contributed by atoms with Crippen LogP contribution in [0.2, 0.25) is 5.15 Å². The summed E-state index contributed by atoms with van der Waals surface area (Å²) in [6.07, 6.45) is 4.41. The lowest BCUT2D eigenvalue weighted by Crippen LogP contribution is -2.34. The van der Waals surface area contributed by atoms with E-state index in [1.54, 1.807) is 18.2 Å². The minimum Gasteiger partial charge on any atom is -0.383 e. The molecule has 2 heterocycles. The van der Waals surface area contributed by atoms with E-state index in [-0.39, 0.29) is 16.8 Å². The summed E-state index contributed by atoms with van der Waals surface area (Å²) in [5.74, 6) is -0.234. The topological polar surface area (TPSA) is 68.2 Å². The quantitative estimate of drug-likeness (QED) is 0.814. The van der Waals surface area contributed by atoms with Crippen molar-refractivity contribution in [2.45, 2.75) is 6.54 Å². The molecule has 0 aliphatic rings. The van der Waals surface area contributed by atoms with Crippen LogP contribution in [0.3, 0.4) is 0 Å². The first kappa shape index (κ1) is 15.3. The van der Waals surface area contributed by atoms with Crippen molar-refractivity contribution >= 4 is 17.5 Å². The number of aromatic nitrogens is 3. The Labute approximate surface area is 127 Å². The predicted molar refractivity (Wildman–Crippen MR) is 77.9 cm³/mol. The Bertz CT molecular complexity index is 577. The third-order valence-corrected chi connectivity index (χ3v) is 2.97. The molecule has 0 saturated heterocycles. The smallest absolute Gasteiger partial charge is 0.274 e. The van der Waals surface area contributed by atoms with Crippen LogP contribution in [0.15, 0.2) is 36.8 Å². The summed E-state index contributed by atoms with van der Waals surface area (Å²) in [7, 11) is 1.59. The first-order valence-electron chi connectivity index (χ1n) is 6.36. The van der Waals surface area contributed by atoms with Crippen LogP contribution in [0.4, 0.5) is 0 Å². The fraction of sp³-hybridized carbons (Fsp3) is 0.286. The Morgan fingerprint density at radius 2 is 2.14 bits per heavy atom. The van der Waals surface area contributed by atoms with Crippen LogP contribution in [0.5, 0.6) is 0 Å². The lowest BCUT2D eigenvalue weighted by molar-refractivity contribution is 0.0671. The number of hydrogen-bond acceptors (Lipinski definition) is 5. The van der Waals surface area contributed by atoms with Crippen molar-refractivity contribution in [3.8, 4) is 0 Å². The molecular formula is C14H15ClN4O2. The summed E-state index contributed by atoms with van der Waals surface area (Å²) in [6.45, 7) is 1.25. The lowest BCUT2D eigenvalue weighted by atomic mass is 10.3. The Kier molecular flexibility index (Phi) is 5.59. The van der Waals surface area contributed by atoms with Crippen LogP contribution in [-0.2, 0) is 11.3 Å². The van der Waals surface area contributed by atoms with E-state index in [0.29, 0.717) is 19.7 Å². The van der Waals surface area contributed by atoms with Gasteiger partial charge in [-0.1, -0.05) is 17.7 Å². The second-order valence-electron chi connectivity index (χ2n) is 4.26. The van der Waals surface area contributed by atoms with Gasteiger partial charge in [0.25, 0.3) is 5.91 Å². The number of hydrogen-bond donors (Lipinski definition) is 0. The molecule has 21 heavy (non-hydrogen) atoms. The van der Waals surface area contributed by atoms with Gasteiger partial charge in [0.2, 0.25) is 0 Å². The number of carbonyl (C=O) groups is 1. The van der Waals surface area contributed by atoms with Gasteiger partial charge in [-0.3, -0.25) is 9.78 Å². The van der Waals surface area contributed by atoms with E-state index in [4.69, 9.17) is 16.3 Å². The third kappa shape index (κ3) is 4.47. The fourth-order valence-electron chi connectivity index (χ4n) is 1.73. The molecule has 0 fully saturated rings. The highest BCUT2D eigenvalue weighted by atomic mass is 35.5. The van der Waals surface area contributed by atoms with Gasteiger partial charge < -0.3 is 9.64 Å². The van der Waals surface area contributed by atoms with Gasteiger partial charge in [0.05, 0.1) is 31.2 Å². The summed E-state index contributed by atoms with van der Waals surface area (Å²) >= 11 is 5.68. The van der Waals surface area contributed by atoms with Crippen molar-refractivity contribution in [2.24, 2.45) is 0 Å². The summed E-state index contributed by atoms with van der Waals surface area (Å²) in [6, 6.07) is 5.57. The molecule has 0 unspecified atom stereocenters. The SMILES string of the molecule is COCCN(Cc1ccccn1)C(=O)c1cnc(Cl)cn1. The zero-order chi connectivity index (χ0) is 15.1. The number of rotatable bonds is 6. The molecule has 0 spiro atoms. The molecule has 0 saturated carbocycles. The summed E-state index contributed by atoms with van der Waals surface area (Å²) in [4.78, 5) is 26.2. The molecule has 0 radical (unpaired) electrons. The first-order valence-corrected chi connectivity index (χ1v) is 6.74. The highest BCUT2D eigenvalue weighted by molar-refractivity contribution is 6.29. The van der Waals surface area contributed by atoms with Crippen LogP contribution in [0, 0.1) is 0 Å². The fourth-order valence-corrected chi connectivity index (χ4v) is 1.82. The number of nitrogens with zero attached hydrogens (tertiary/aromatic N) is 4. The maximum atomic E-state index is 12.5. The van der Waals surface area contributed by atoms with E-state index in [1.165, 1.54) is 12.4 Å². The Morgan fingerprint density at radius 3 is 2.76 bits per heavy atom. The highest BCUT2D eigenvalue weighted by Crippen LogP contribution is 2.08. The van der Waals surface area contributed by atoms with Crippen molar-refractivity contribution in [3.63, 3.8) is 0 Å². The zero-order valence-corrected chi connectivity index (χ0v) is 12.3. The van der Waals surface area contributed by atoms with Crippen molar-refractivity contribution < 1.29 is 9.53 Å². The van der Waals surface area contributed by atoms with Crippen LogP contribution in [0.1, 0.15) is 16.2 Å². The summed E-state index contributed by atoms with van der Waals surface area (Å²) in [5.41, 5.74) is 1.04. The van der Waals surface area contributed by atoms with Gasteiger partial charge in [0.15, 0.2) is 0 Å². The number of amides is 1. The molecule has 2 aromatic rings. The van der Waals surface area contributed by atoms with Crippen LogP contribution >= 0.6 is 11.6 Å². The van der Waals surface area contributed by atoms with E-state index in [1.807, 2.05) is 18.2 Å². The molecule has 0 aliphatic heterocycles. The van der Waals surface area contributed by atoms with Gasteiger partial charge in [0, 0.05) is 19.9 Å². The minimum absolute atomic E-state index is 0.234. The standard InChI is InChI=1S/C14H15ClN4O2/c1-21-7-6-19(10-11-4-2-3-5-16-11)14(20)12-8-18-13(15)9-17-12/h2-5,8-9H,6-7,10H2,1H3. The Morgan fingerprint density at radius 1 is 1.29 bits per heavy atom. The van der Waals surface area contributed by atoms with Crippen molar-refractivity contribution in [1.82, 2.24) is 19.9 Å². The maximum Gasteiger partial charge on any atom is 0.274 e. The van der Waals surface area contributed by atoms with Gasteiger partial charge in [-0.15, -0.1) is 0 Å². The molecule has 0 bridgehead atoms. The van der Waals surface area contributed by atoms with Gasteiger partial charge >= 0.3 is 0 Å². The third-order valence-electron chi connectivity index (χ3n) is 2.77. The molecule has 0 aliphatic carbocycles. The van der Waals surface area contributed by atoms with Gasteiger partial charge in [-0.25, -0.2) is 9.97 Å². The van der Waals surface area contributed by atoms with E-state index >= 15 is 0 Å². The molecule has 7 heteroatoms. The van der Waals surface area contributed by atoms with E-state index in [2.05, 4.69) is 15.0 Å². The van der Waals surface area contributed by atoms with Crippen molar-refractivity contribution in [1.29, 1.82) is 0 Å². The molecule has 2 aromatic heterocycles. The van der Waals surface area contributed by atoms with E-state index in [0.717, 1.165) is 5.69 Å². The number of pyridine rings is 1. The second kappa shape index (κ2) is 7.66. The second-order valence-corrected chi connectivity index (χ2v) is 4.65. The van der Waals surface area contributed by atoms with Crippen LogP contribution < -0.4 is 0 Å². The van der Waals surface area contributed by atoms with Gasteiger partial charge in [-0.05, 0) is 12.1 Å². The monoisotopic (exact) mass is 306 g/mol. The largest absolute Gasteiger partial charge is 0.383 e. The van der Waals surface area contributed by atoms with E-state index in [9.17, 15) is 4.79 Å². The molecule has 0 atom stereocenters. The first-order chi connectivity index (χ1) is 10.2. The molecule has 2 rings (SSSR count). The Hall–Kier alpha value is -2.05. The van der Waals surface area contributed by atoms with Gasteiger partial charge in [0.1, 0.15) is 10.8 Å². The highest BCUT2D eigenvalue weighted by Gasteiger charge is 2.18. The van der Waals surface area contributed by atoms with Gasteiger partial charge in [-0.2, -0.15) is 0 Å². The maximum absolute atomic E-state index is 12.5. The number of ether oxygens (including phenoxy) is 1. The molecular weight excluding hydrogens is 292 g/mol. The lowest BCUT2D eigenvalue weighted by Gasteiger charge is -2.21. The average molecular weight is 307 g/mol. The predicted octanol–water partition coefficient (Wildman–Crippen LogP) is 1.81. The van der Waals surface area contributed by atoms with Crippen LogP contribution in [0.25, 0.3) is 0 Å².